The first kappa shape index (κ1) is 20.8. The highest BCUT2D eigenvalue weighted by atomic mass is 16.2. The molecule has 4 rings (SSSR count). The molecule has 2 heterocycles. The zero-order valence-corrected chi connectivity index (χ0v) is 17.8. The van der Waals surface area contributed by atoms with Crippen LogP contribution in [0.5, 0.6) is 0 Å². The topological polar surface area (TPSA) is 84.3 Å². The van der Waals surface area contributed by atoms with E-state index in [4.69, 9.17) is 0 Å². The number of carbonyl (C=O) groups excluding carboxylic acids is 2. The fraction of sp³-hybridized carbons (Fsp3) is 0.333. The molecular weight excluding hydrogens is 392 g/mol. The van der Waals surface area contributed by atoms with Gasteiger partial charge in [-0.1, -0.05) is 12.1 Å². The molecule has 2 amide bonds. The SMILES string of the molecule is CC(=O)Nc1ccc(C(=O)N2CCC(Cn3c(C)nc4ccccc4c3=O)CC2)cc1. The lowest BCUT2D eigenvalue weighted by Gasteiger charge is -2.32. The molecule has 3 aromatic rings. The molecule has 1 aliphatic heterocycles. The number of carbonyl (C=O) groups is 2. The minimum Gasteiger partial charge on any atom is -0.339 e. The van der Waals surface area contributed by atoms with Crippen LogP contribution in [0.4, 0.5) is 5.69 Å². The van der Waals surface area contributed by atoms with Crippen LogP contribution >= 0.6 is 0 Å². The van der Waals surface area contributed by atoms with Gasteiger partial charge < -0.3 is 10.2 Å². The Balaban J connectivity index is 1.40. The third-order valence-electron chi connectivity index (χ3n) is 5.85. The van der Waals surface area contributed by atoms with Gasteiger partial charge in [-0.3, -0.25) is 19.0 Å². The maximum Gasteiger partial charge on any atom is 0.261 e. The van der Waals surface area contributed by atoms with Gasteiger partial charge in [0.05, 0.1) is 10.9 Å². The highest BCUT2D eigenvalue weighted by Gasteiger charge is 2.25. The molecule has 160 valence electrons. The number of nitrogens with one attached hydrogen (secondary N) is 1. The second-order valence-corrected chi connectivity index (χ2v) is 8.09. The summed E-state index contributed by atoms with van der Waals surface area (Å²) in [7, 11) is 0. The lowest BCUT2D eigenvalue weighted by molar-refractivity contribution is -0.114. The van der Waals surface area contributed by atoms with E-state index >= 15 is 0 Å². The van der Waals surface area contributed by atoms with Crippen molar-refractivity contribution in [2.45, 2.75) is 33.2 Å². The molecule has 1 N–H and O–H groups in total. The number of nitrogens with zero attached hydrogens (tertiary/aromatic N) is 3. The number of piperidine rings is 1. The Bertz CT molecular complexity index is 1180. The molecule has 0 unspecified atom stereocenters. The molecule has 0 aliphatic carbocycles. The molecule has 31 heavy (non-hydrogen) atoms. The van der Waals surface area contributed by atoms with Crippen LogP contribution < -0.4 is 10.9 Å². The highest BCUT2D eigenvalue weighted by molar-refractivity contribution is 5.95. The monoisotopic (exact) mass is 418 g/mol. The molecule has 1 saturated heterocycles. The van der Waals surface area contributed by atoms with Gasteiger partial charge in [-0.25, -0.2) is 4.98 Å². The van der Waals surface area contributed by atoms with E-state index < -0.39 is 0 Å². The van der Waals surface area contributed by atoms with Gasteiger partial charge in [0.25, 0.3) is 11.5 Å². The highest BCUT2D eigenvalue weighted by Crippen LogP contribution is 2.22. The van der Waals surface area contributed by atoms with Gasteiger partial charge in [-0.2, -0.15) is 0 Å². The number of hydrogen-bond acceptors (Lipinski definition) is 4. The number of hydrogen-bond donors (Lipinski definition) is 1. The van der Waals surface area contributed by atoms with Crippen LogP contribution in [-0.4, -0.2) is 39.4 Å². The second-order valence-electron chi connectivity index (χ2n) is 8.09. The first-order valence-electron chi connectivity index (χ1n) is 10.6. The number of amides is 2. The van der Waals surface area contributed by atoms with Crippen molar-refractivity contribution in [2.24, 2.45) is 5.92 Å². The molecule has 0 spiro atoms. The summed E-state index contributed by atoms with van der Waals surface area (Å²) in [5.41, 5.74) is 2.01. The Labute approximate surface area is 180 Å². The Morgan fingerprint density at radius 3 is 2.42 bits per heavy atom. The van der Waals surface area contributed by atoms with Gasteiger partial charge in [0.15, 0.2) is 0 Å². The predicted molar refractivity (Wildman–Crippen MR) is 120 cm³/mol. The lowest BCUT2D eigenvalue weighted by atomic mass is 9.96. The van der Waals surface area contributed by atoms with Crippen LogP contribution in [0.3, 0.4) is 0 Å². The van der Waals surface area contributed by atoms with E-state index in [1.54, 1.807) is 28.8 Å². The minimum absolute atomic E-state index is 0.000802. The van der Waals surface area contributed by atoms with Crippen molar-refractivity contribution >= 4 is 28.4 Å². The number of aryl methyl sites for hydroxylation is 1. The summed E-state index contributed by atoms with van der Waals surface area (Å²) in [5.74, 6) is 0.901. The Kier molecular flexibility index (Phi) is 5.84. The van der Waals surface area contributed by atoms with Gasteiger partial charge in [-0.05, 0) is 62.1 Å². The average molecular weight is 418 g/mol. The van der Waals surface area contributed by atoms with E-state index in [2.05, 4.69) is 10.3 Å². The summed E-state index contributed by atoms with van der Waals surface area (Å²) in [4.78, 5) is 43.3. The van der Waals surface area contributed by atoms with Crippen molar-refractivity contribution in [1.29, 1.82) is 0 Å². The fourth-order valence-corrected chi connectivity index (χ4v) is 4.15. The van der Waals surface area contributed by atoms with Gasteiger partial charge >= 0.3 is 0 Å². The third-order valence-corrected chi connectivity index (χ3v) is 5.85. The molecular formula is C24H26N4O3. The summed E-state index contributed by atoms with van der Waals surface area (Å²) in [6.45, 7) is 5.26. The minimum atomic E-state index is -0.142. The summed E-state index contributed by atoms with van der Waals surface area (Å²) in [6, 6.07) is 14.4. The molecule has 1 aliphatic rings. The van der Waals surface area contributed by atoms with Crippen LogP contribution in [0.2, 0.25) is 0 Å². The maximum absolute atomic E-state index is 12.9. The molecule has 0 bridgehead atoms. The molecule has 7 heteroatoms. The third kappa shape index (κ3) is 4.50. The number of para-hydroxylation sites is 1. The first-order valence-corrected chi connectivity index (χ1v) is 10.6. The van der Waals surface area contributed by atoms with Gasteiger partial charge in [0.2, 0.25) is 5.91 Å². The number of rotatable bonds is 4. The second kappa shape index (κ2) is 8.71. The number of anilines is 1. The first-order chi connectivity index (χ1) is 14.9. The summed E-state index contributed by atoms with van der Waals surface area (Å²) < 4.78 is 1.77. The van der Waals surface area contributed by atoms with E-state index in [1.807, 2.05) is 36.1 Å². The van der Waals surface area contributed by atoms with Gasteiger partial charge in [0.1, 0.15) is 5.82 Å². The van der Waals surface area contributed by atoms with Gasteiger partial charge in [0, 0.05) is 37.8 Å². The Morgan fingerprint density at radius 2 is 1.74 bits per heavy atom. The van der Waals surface area contributed by atoms with E-state index in [-0.39, 0.29) is 17.4 Å². The van der Waals surface area contributed by atoms with Crippen LogP contribution in [0.15, 0.2) is 53.3 Å². The van der Waals surface area contributed by atoms with Crippen molar-refractivity contribution < 1.29 is 9.59 Å². The van der Waals surface area contributed by atoms with E-state index in [0.717, 1.165) is 24.2 Å². The van der Waals surface area contributed by atoms with Crippen molar-refractivity contribution in [2.75, 3.05) is 18.4 Å². The lowest BCUT2D eigenvalue weighted by Crippen LogP contribution is -2.40. The summed E-state index contributed by atoms with van der Waals surface area (Å²) >= 11 is 0. The molecule has 1 fully saturated rings. The van der Waals surface area contributed by atoms with Gasteiger partial charge in [-0.15, -0.1) is 0 Å². The standard InChI is InChI=1S/C24H26N4O3/c1-16-25-22-6-4-3-5-21(22)24(31)28(16)15-18-11-13-27(14-12-18)23(30)19-7-9-20(10-8-19)26-17(2)29/h3-10,18H,11-15H2,1-2H3,(H,26,29). The molecule has 2 aromatic carbocycles. The fourth-order valence-electron chi connectivity index (χ4n) is 4.15. The van der Waals surface area contributed by atoms with E-state index in [0.29, 0.717) is 42.2 Å². The predicted octanol–water partition coefficient (Wildman–Crippen LogP) is 3.22. The van der Waals surface area contributed by atoms with Crippen LogP contribution in [-0.2, 0) is 11.3 Å². The number of likely N-dealkylation sites (tertiary alicyclic amines) is 1. The van der Waals surface area contributed by atoms with Crippen molar-refractivity contribution in [3.05, 3.63) is 70.3 Å². The van der Waals surface area contributed by atoms with Crippen LogP contribution in [0.1, 0.15) is 35.9 Å². The number of fused-ring (bicyclic) bond motifs is 1. The van der Waals surface area contributed by atoms with E-state index in [1.165, 1.54) is 6.92 Å². The Morgan fingerprint density at radius 1 is 1.06 bits per heavy atom. The van der Waals surface area contributed by atoms with Crippen molar-refractivity contribution in [1.82, 2.24) is 14.5 Å². The molecule has 7 nitrogen and oxygen atoms in total. The van der Waals surface area contributed by atoms with Crippen molar-refractivity contribution in [3.63, 3.8) is 0 Å². The average Bonchev–Trinajstić information content (AvgIpc) is 2.77. The zero-order chi connectivity index (χ0) is 22.0. The van der Waals surface area contributed by atoms with E-state index in [9.17, 15) is 14.4 Å². The summed E-state index contributed by atoms with van der Waals surface area (Å²) in [5, 5.41) is 3.34. The smallest absolute Gasteiger partial charge is 0.261 e. The normalized spacial score (nSPS) is 14.6. The number of benzene rings is 2. The molecule has 0 saturated carbocycles. The van der Waals surface area contributed by atoms with Crippen molar-refractivity contribution in [3.8, 4) is 0 Å². The van der Waals surface area contributed by atoms with Crippen LogP contribution in [0.25, 0.3) is 10.9 Å². The molecule has 0 atom stereocenters. The largest absolute Gasteiger partial charge is 0.339 e. The summed E-state index contributed by atoms with van der Waals surface area (Å²) in [6.07, 6.45) is 1.68. The quantitative estimate of drug-likeness (QED) is 0.705. The molecule has 0 radical (unpaired) electrons. The maximum atomic E-state index is 12.9. The zero-order valence-electron chi connectivity index (χ0n) is 17.8. The molecule has 1 aromatic heterocycles. The Hall–Kier alpha value is -3.48. The number of aromatic nitrogens is 2. The van der Waals surface area contributed by atoms with Crippen LogP contribution in [0, 0.1) is 12.8 Å².